The monoisotopic (exact) mass is 246 g/mol. The standard InChI is InChI=1S/C16H26N2/c1-3-14-4-6-16(7-5-14)18-12-9-15(10-13-18)8-11-17-2/h4-7,15,17H,3,8-13H2,1-2H3. The smallest absolute Gasteiger partial charge is 0.0366 e. The first-order valence-corrected chi connectivity index (χ1v) is 7.32. The van der Waals surface area contributed by atoms with Crippen molar-refractivity contribution < 1.29 is 0 Å². The second-order valence-corrected chi connectivity index (χ2v) is 5.34. The van der Waals surface area contributed by atoms with Crippen molar-refractivity contribution in [3.8, 4) is 0 Å². The van der Waals surface area contributed by atoms with Crippen molar-refractivity contribution in [3.63, 3.8) is 0 Å². The van der Waals surface area contributed by atoms with Gasteiger partial charge in [0.15, 0.2) is 0 Å². The lowest BCUT2D eigenvalue weighted by Crippen LogP contribution is -2.34. The highest BCUT2D eigenvalue weighted by Crippen LogP contribution is 2.25. The van der Waals surface area contributed by atoms with Crippen molar-refractivity contribution in [2.45, 2.75) is 32.6 Å². The van der Waals surface area contributed by atoms with Crippen LogP contribution in [0, 0.1) is 5.92 Å². The molecule has 1 heterocycles. The highest BCUT2D eigenvalue weighted by molar-refractivity contribution is 5.47. The van der Waals surface area contributed by atoms with Gasteiger partial charge in [-0.1, -0.05) is 19.1 Å². The van der Waals surface area contributed by atoms with Crippen molar-refractivity contribution in [3.05, 3.63) is 29.8 Å². The van der Waals surface area contributed by atoms with Crippen LogP contribution in [-0.2, 0) is 6.42 Å². The third kappa shape index (κ3) is 3.49. The minimum absolute atomic E-state index is 0.920. The van der Waals surface area contributed by atoms with Gasteiger partial charge in [0.05, 0.1) is 0 Å². The van der Waals surface area contributed by atoms with Crippen LogP contribution in [-0.4, -0.2) is 26.7 Å². The first kappa shape index (κ1) is 13.4. The van der Waals surface area contributed by atoms with Gasteiger partial charge in [-0.15, -0.1) is 0 Å². The molecule has 0 amide bonds. The molecule has 1 N–H and O–H groups in total. The summed E-state index contributed by atoms with van der Waals surface area (Å²) in [6.07, 6.45) is 5.15. The molecule has 2 nitrogen and oxygen atoms in total. The zero-order valence-corrected chi connectivity index (χ0v) is 11.8. The van der Waals surface area contributed by atoms with Crippen LogP contribution >= 0.6 is 0 Å². The lowest BCUT2D eigenvalue weighted by Gasteiger charge is -2.33. The van der Waals surface area contributed by atoms with Crippen molar-refractivity contribution in [1.29, 1.82) is 0 Å². The Bertz CT molecular complexity index is 337. The molecule has 1 aliphatic heterocycles. The Kier molecular flexibility index (Phi) is 5.06. The second kappa shape index (κ2) is 6.79. The number of aryl methyl sites for hydroxylation is 1. The van der Waals surface area contributed by atoms with E-state index in [1.807, 2.05) is 7.05 Å². The SMILES string of the molecule is CCc1ccc(N2CCC(CCNC)CC2)cc1. The van der Waals surface area contributed by atoms with Crippen LogP contribution < -0.4 is 10.2 Å². The Labute approximate surface area is 111 Å². The largest absolute Gasteiger partial charge is 0.372 e. The number of hydrogen-bond donors (Lipinski definition) is 1. The predicted octanol–water partition coefficient (Wildman–Crippen LogP) is 3.07. The number of hydrogen-bond acceptors (Lipinski definition) is 2. The maximum absolute atomic E-state index is 3.26. The third-order valence-corrected chi connectivity index (χ3v) is 4.13. The first-order chi connectivity index (χ1) is 8.83. The number of benzene rings is 1. The fourth-order valence-corrected chi connectivity index (χ4v) is 2.77. The van der Waals surface area contributed by atoms with Crippen LogP contribution in [0.4, 0.5) is 5.69 Å². The van der Waals surface area contributed by atoms with E-state index in [0.29, 0.717) is 0 Å². The Balaban J connectivity index is 1.84. The van der Waals surface area contributed by atoms with E-state index in [0.717, 1.165) is 18.9 Å². The van der Waals surface area contributed by atoms with E-state index < -0.39 is 0 Å². The quantitative estimate of drug-likeness (QED) is 0.859. The fourth-order valence-electron chi connectivity index (χ4n) is 2.77. The van der Waals surface area contributed by atoms with Crippen molar-refractivity contribution in [2.75, 3.05) is 31.6 Å². The summed E-state index contributed by atoms with van der Waals surface area (Å²) in [7, 11) is 2.05. The average Bonchev–Trinajstić information content (AvgIpc) is 2.46. The average molecular weight is 246 g/mol. The molecule has 0 atom stereocenters. The van der Waals surface area contributed by atoms with E-state index in [1.165, 1.54) is 43.6 Å². The molecule has 0 aromatic heterocycles. The van der Waals surface area contributed by atoms with Crippen molar-refractivity contribution >= 4 is 5.69 Å². The maximum atomic E-state index is 3.26. The van der Waals surface area contributed by atoms with E-state index in [2.05, 4.69) is 41.4 Å². The van der Waals surface area contributed by atoms with E-state index in [4.69, 9.17) is 0 Å². The number of rotatable bonds is 5. The molecule has 1 aromatic carbocycles. The van der Waals surface area contributed by atoms with Gasteiger partial charge in [0, 0.05) is 18.8 Å². The summed E-state index contributed by atoms with van der Waals surface area (Å²) in [5, 5.41) is 3.26. The van der Waals surface area contributed by atoms with Crippen molar-refractivity contribution in [2.24, 2.45) is 5.92 Å². The van der Waals surface area contributed by atoms with Crippen LogP contribution in [0.3, 0.4) is 0 Å². The molecule has 0 aliphatic carbocycles. The minimum Gasteiger partial charge on any atom is -0.372 e. The highest BCUT2D eigenvalue weighted by atomic mass is 15.1. The summed E-state index contributed by atoms with van der Waals surface area (Å²) < 4.78 is 0. The Morgan fingerprint density at radius 2 is 1.83 bits per heavy atom. The Hall–Kier alpha value is -1.02. The molecule has 0 saturated carbocycles. The van der Waals surface area contributed by atoms with Crippen LogP contribution in [0.2, 0.25) is 0 Å². The zero-order chi connectivity index (χ0) is 12.8. The Morgan fingerprint density at radius 1 is 1.17 bits per heavy atom. The summed E-state index contributed by atoms with van der Waals surface area (Å²) in [5.41, 5.74) is 2.84. The molecular weight excluding hydrogens is 220 g/mol. The van der Waals surface area contributed by atoms with Gasteiger partial charge in [0.1, 0.15) is 0 Å². The predicted molar refractivity (Wildman–Crippen MR) is 79.3 cm³/mol. The maximum Gasteiger partial charge on any atom is 0.0366 e. The summed E-state index contributed by atoms with van der Waals surface area (Å²) >= 11 is 0. The molecule has 100 valence electrons. The van der Waals surface area contributed by atoms with E-state index in [9.17, 15) is 0 Å². The van der Waals surface area contributed by atoms with Gasteiger partial charge in [-0.2, -0.15) is 0 Å². The van der Waals surface area contributed by atoms with Crippen LogP contribution in [0.15, 0.2) is 24.3 Å². The van der Waals surface area contributed by atoms with Gasteiger partial charge in [-0.3, -0.25) is 0 Å². The van der Waals surface area contributed by atoms with Crippen molar-refractivity contribution in [1.82, 2.24) is 5.32 Å². The molecule has 0 unspecified atom stereocenters. The molecule has 1 aromatic rings. The second-order valence-electron chi connectivity index (χ2n) is 5.34. The van der Waals surface area contributed by atoms with Gasteiger partial charge in [0.25, 0.3) is 0 Å². The molecule has 18 heavy (non-hydrogen) atoms. The molecule has 2 rings (SSSR count). The van der Waals surface area contributed by atoms with Gasteiger partial charge >= 0.3 is 0 Å². The fraction of sp³-hybridized carbons (Fsp3) is 0.625. The first-order valence-electron chi connectivity index (χ1n) is 7.32. The number of anilines is 1. The van der Waals surface area contributed by atoms with Gasteiger partial charge in [-0.25, -0.2) is 0 Å². The van der Waals surface area contributed by atoms with E-state index >= 15 is 0 Å². The van der Waals surface area contributed by atoms with E-state index in [1.54, 1.807) is 0 Å². The summed E-state index contributed by atoms with van der Waals surface area (Å²) in [6, 6.07) is 9.10. The molecule has 0 radical (unpaired) electrons. The molecular formula is C16H26N2. The molecule has 1 fully saturated rings. The lowest BCUT2D eigenvalue weighted by atomic mass is 9.93. The highest BCUT2D eigenvalue weighted by Gasteiger charge is 2.18. The number of nitrogens with zero attached hydrogens (tertiary/aromatic N) is 1. The molecule has 0 bridgehead atoms. The van der Waals surface area contributed by atoms with E-state index in [-0.39, 0.29) is 0 Å². The molecule has 2 heteroatoms. The summed E-state index contributed by atoms with van der Waals surface area (Å²) in [6.45, 7) is 5.82. The molecule has 1 saturated heterocycles. The van der Waals surface area contributed by atoms with Gasteiger partial charge in [0.2, 0.25) is 0 Å². The topological polar surface area (TPSA) is 15.3 Å². The van der Waals surface area contributed by atoms with Crippen LogP contribution in [0.1, 0.15) is 31.7 Å². The van der Waals surface area contributed by atoms with Gasteiger partial charge < -0.3 is 10.2 Å². The number of nitrogens with one attached hydrogen (secondary N) is 1. The van der Waals surface area contributed by atoms with Crippen LogP contribution in [0.25, 0.3) is 0 Å². The summed E-state index contributed by atoms with van der Waals surface area (Å²) in [4.78, 5) is 2.54. The Morgan fingerprint density at radius 3 is 2.39 bits per heavy atom. The van der Waals surface area contributed by atoms with Gasteiger partial charge in [-0.05, 0) is 62.9 Å². The zero-order valence-electron chi connectivity index (χ0n) is 11.8. The minimum atomic E-state index is 0.920. The summed E-state index contributed by atoms with van der Waals surface area (Å²) in [5.74, 6) is 0.920. The third-order valence-electron chi connectivity index (χ3n) is 4.13. The lowest BCUT2D eigenvalue weighted by molar-refractivity contribution is 0.378. The van der Waals surface area contributed by atoms with Crippen LogP contribution in [0.5, 0.6) is 0 Å². The molecule has 0 spiro atoms. The molecule has 1 aliphatic rings. The normalized spacial score (nSPS) is 17.1. The number of piperidine rings is 1.